The first kappa shape index (κ1) is 26.0. The van der Waals surface area contributed by atoms with E-state index in [0.29, 0.717) is 0 Å². The minimum atomic E-state index is 0.0109. The first-order valence-corrected chi connectivity index (χ1v) is 14.1. The van der Waals surface area contributed by atoms with Gasteiger partial charge in [0.05, 0.1) is 11.9 Å². The van der Waals surface area contributed by atoms with E-state index in [1.807, 2.05) is 60.7 Å². The Bertz CT molecular complexity index is 1630. The Balaban J connectivity index is 1.17. The quantitative estimate of drug-likeness (QED) is 0.224. The lowest BCUT2D eigenvalue weighted by Crippen LogP contribution is -2.47. The Morgan fingerprint density at radius 2 is 1.55 bits per heavy atom. The van der Waals surface area contributed by atoms with Gasteiger partial charge < -0.3 is 9.80 Å². The molecule has 0 radical (unpaired) electrons. The largest absolute Gasteiger partial charge is 0.351 e. The highest BCUT2D eigenvalue weighted by Crippen LogP contribution is 2.28. The zero-order chi connectivity index (χ0) is 27.7. The lowest BCUT2D eigenvalue weighted by Gasteiger charge is -2.35. The minimum Gasteiger partial charge on any atom is -0.351 e. The number of hydrogen-bond acceptors (Lipinski definition) is 9. The molecule has 6 rings (SSSR count). The van der Waals surface area contributed by atoms with E-state index in [-0.39, 0.29) is 4.75 Å². The van der Waals surface area contributed by atoms with Gasteiger partial charge in [-0.15, -0.1) is 0 Å². The van der Waals surface area contributed by atoms with E-state index in [1.54, 1.807) is 23.0 Å². The van der Waals surface area contributed by atoms with Gasteiger partial charge in [0, 0.05) is 85.0 Å². The van der Waals surface area contributed by atoms with Crippen molar-refractivity contribution >= 4 is 34.9 Å². The maximum atomic E-state index is 4.88. The van der Waals surface area contributed by atoms with Gasteiger partial charge in [-0.05, 0) is 38.8 Å². The molecule has 0 atom stereocenters. The Labute approximate surface area is 237 Å². The second kappa shape index (κ2) is 10.7. The molecule has 0 saturated carbocycles. The van der Waals surface area contributed by atoms with Gasteiger partial charge in [0.1, 0.15) is 11.8 Å². The maximum absolute atomic E-state index is 4.88. The molecule has 0 N–H and O–H groups in total. The second-order valence-electron chi connectivity index (χ2n) is 10.8. The van der Waals surface area contributed by atoms with Crippen molar-refractivity contribution in [1.82, 2.24) is 34.3 Å². The van der Waals surface area contributed by atoms with Crippen LogP contribution in [0.15, 0.2) is 78.1 Å². The number of nitrogens with zero attached hydrogens (tertiary/aromatic N) is 10. The van der Waals surface area contributed by atoms with E-state index in [0.717, 1.165) is 71.4 Å². The van der Waals surface area contributed by atoms with Gasteiger partial charge in [0.2, 0.25) is 5.95 Å². The third kappa shape index (κ3) is 5.55. The van der Waals surface area contributed by atoms with Crippen LogP contribution < -0.4 is 9.80 Å². The molecule has 5 aromatic rings. The molecule has 5 heterocycles. The molecule has 1 fully saturated rings. The summed E-state index contributed by atoms with van der Waals surface area (Å²) >= 11 is 1.56. The van der Waals surface area contributed by atoms with Crippen molar-refractivity contribution in [3.05, 3.63) is 84.8 Å². The van der Waals surface area contributed by atoms with Gasteiger partial charge in [-0.3, -0.25) is 4.68 Å². The monoisotopic (exact) mass is 552 g/mol. The van der Waals surface area contributed by atoms with Crippen molar-refractivity contribution in [2.24, 2.45) is 11.4 Å². The molecule has 0 unspecified atom stereocenters. The fraction of sp³-hybridized carbons (Fsp3) is 0.310. The fourth-order valence-electron chi connectivity index (χ4n) is 4.66. The zero-order valence-electron chi connectivity index (χ0n) is 23.1. The van der Waals surface area contributed by atoms with Crippen LogP contribution in [0.1, 0.15) is 31.9 Å². The molecule has 1 saturated heterocycles. The van der Waals surface area contributed by atoms with Crippen LogP contribution in [0.4, 0.5) is 11.8 Å². The number of anilines is 2. The summed E-state index contributed by atoms with van der Waals surface area (Å²) in [6, 6.07) is 12.3. The summed E-state index contributed by atoms with van der Waals surface area (Å²) in [6.07, 6.45) is 11.3. The predicted octanol–water partition coefficient (Wildman–Crippen LogP) is 4.53. The molecule has 204 valence electrons. The van der Waals surface area contributed by atoms with Crippen molar-refractivity contribution in [1.29, 1.82) is 0 Å². The van der Waals surface area contributed by atoms with Crippen LogP contribution in [0.5, 0.6) is 0 Å². The summed E-state index contributed by atoms with van der Waals surface area (Å²) in [4.78, 5) is 18.7. The van der Waals surface area contributed by atoms with Crippen LogP contribution in [-0.4, -0.2) is 71.0 Å². The van der Waals surface area contributed by atoms with Gasteiger partial charge in [0.25, 0.3) is 0 Å². The molecule has 0 amide bonds. The molecule has 11 heteroatoms. The van der Waals surface area contributed by atoms with Gasteiger partial charge in [-0.25, -0.2) is 23.9 Å². The summed E-state index contributed by atoms with van der Waals surface area (Å²) in [7, 11) is 1.92. The Morgan fingerprint density at radius 3 is 2.23 bits per heavy atom. The number of aromatic nitrogens is 7. The summed E-state index contributed by atoms with van der Waals surface area (Å²) in [5, 5.41) is 8.73. The molecule has 1 aromatic carbocycles. The van der Waals surface area contributed by atoms with Crippen LogP contribution in [0, 0.1) is 0 Å². The van der Waals surface area contributed by atoms with Crippen LogP contribution in [0.2, 0.25) is 0 Å². The van der Waals surface area contributed by atoms with E-state index in [4.69, 9.17) is 14.4 Å². The van der Waals surface area contributed by atoms with Crippen LogP contribution in [0.25, 0.3) is 16.6 Å². The molecule has 4 aromatic heterocycles. The van der Waals surface area contributed by atoms with Gasteiger partial charge in [-0.1, -0.05) is 30.3 Å². The second-order valence-corrected chi connectivity index (χ2v) is 12.4. The van der Waals surface area contributed by atoms with Gasteiger partial charge >= 0.3 is 0 Å². The van der Waals surface area contributed by atoms with Crippen molar-refractivity contribution in [3.8, 4) is 11.1 Å². The molecule has 40 heavy (non-hydrogen) atoms. The summed E-state index contributed by atoms with van der Waals surface area (Å²) in [5.74, 6) is 1.66. The standard InChI is InChI=1S/C29H32N10S/c1-29(2,3)40-35-26(21-8-6-5-7-9-21)23-15-30-28(31-16-23)38-12-10-37(11-13-38)27-25-14-22(19-39(25)34-20-32-27)24-17-33-36(4)18-24/h5-9,14-20H,10-13H2,1-4H3. The molecule has 0 spiro atoms. The summed E-state index contributed by atoms with van der Waals surface area (Å²) in [5.41, 5.74) is 5.96. The zero-order valence-corrected chi connectivity index (χ0v) is 24.0. The van der Waals surface area contributed by atoms with Gasteiger partial charge in [-0.2, -0.15) is 10.2 Å². The van der Waals surface area contributed by atoms with Crippen LogP contribution in [-0.2, 0) is 7.05 Å². The number of fused-ring (bicyclic) bond motifs is 1. The fourth-order valence-corrected chi connectivity index (χ4v) is 5.24. The van der Waals surface area contributed by atoms with Crippen molar-refractivity contribution < 1.29 is 0 Å². The molecule has 1 aliphatic heterocycles. The third-order valence-electron chi connectivity index (χ3n) is 6.66. The maximum Gasteiger partial charge on any atom is 0.225 e. The van der Waals surface area contributed by atoms with Crippen molar-refractivity contribution in [2.45, 2.75) is 25.5 Å². The van der Waals surface area contributed by atoms with E-state index < -0.39 is 0 Å². The van der Waals surface area contributed by atoms with Crippen molar-refractivity contribution in [3.63, 3.8) is 0 Å². The van der Waals surface area contributed by atoms with E-state index in [2.05, 4.69) is 64.0 Å². The highest BCUT2D eigenvalue weighted by Gasteiger charge is 2.23. The number of aryl methyl sites for hydroxylation is 1. The molecular formula is C29H32N10S. The first-order chi connectivity index (χ1) is 19.3. The molecule has 0 bridgehead atoms. The molecular weight excluding hydrogens is 520 g/mol. The lowest BCUT2D eigenvalue weighted by molar-refractivity contribution is 0.633. The van der Waals surface area contributed by atoms with E-state index in [1.165, 1.54) is 0 Å². The van der Waals surface area contributed by atoms with E-state index >= 15 is 0 Å². The third-order valence-corrected chi connectivity index (χ3v) is 7.48. The number of piperazine rings is 1. The molecule has 10 nitrogen and oxygen atoms in total. The van der Waals surface area contributed by atoms with Crippen LogP contribution in [0.3, 0.4) is 0 Å². The minimum absolute atomic E-state index is 0.0109. The smallest absolute Gasteiger partial charge is 0.225 e. The SMILES string of the molecule is Cn1cc(-c2cc3c(N4CCN(c5ncc(C(=NSC(C)(C)C)c6ccccc6)cn5)CC4)ncnn3c2)cn1. The Morgan fingerprint density at radius 1 is 0.825 bits per heavy atom. The summed E-state index contributed by atoms with van der Waals surface area (Å²) < 4.78 is 8.59. The normalized spacial score (nSPS) is 14.8. The van der Waals surface area contributed by atoms with E-state index in [9.17, 15) is 0 Å². The predicted molar refractivity (Wildman–Crippen MR) is 161 cm³/mol. The topological polar surface area (TPSA) is 92.6 Å². The average molecular weight is 553 g/mol. The van der Waals surface area contributed by atoms with Gasteiger partial charge in [0.15, 0.2) is 5.82 Å². The first-order valence-electron chi connectivity index (χ1n) is 13.3. The number of hydrogen-bond donors (Lipinski definition) is 0. The Hall–Kier alpha value is -4.25. The highest BCUT2D eigenvalue weighted by molar-refractivity contribution is 7.99. The highest BCUT2D eigenvalue weighted by atomic mass is 32.2. The molecule has 1 aliphatic rings. The summed E-state index contributed by atoms with van der Waals surface area (Å²) in [6.45, 7) is 9.69. The van der Waals surface area contributed by atoms with Crippen molar-refractivity contribution in [2.75, 3.05) is 36.0 Å². The number of benzene rings is 1. The lowest BCUT2D eigenvalue weighted by atomic mass is 10.1. The van der Waals surface area contributed by atoms with Crippen LogP contribution >= 0.6 is 11.9 Å². The Kier molecular flexibility index (Phi) is 6.97. The molecule has 0 aliphatic carbocycles. The number of rotatable bonds is 6. The average Bonchev–Trinajstić information content (AvgIpc) is 3.60.